The van der Waals surface area contributed by atoms with Crippen molar-refractivity contribution in [2.24, 2.45) is 4.40 Å². The first-order valence-corrected chi connectivity index (χ1v) is 14.7. The number of sulfonamides is 1. The summed E-state index contributed by atoms with van der Waals surface area (Å²) >= 11 is 0. The minimum absolute atomic E-state index is 0.00563. The molecule has 0 aliphatic carbocycles. The fourth-order valence-corrected chi connectivity index (χ4v) is 5.63. The number of ether oxygens (including phenoxy) is 2. The Labute approximate surface area is 240 Å². The number of amides is 1. The number of rotatable bonds is 13. The van der Waals surface area contributed by atoms with Gasteiger partial charge in [0.2, 0.25) is 11.7 Å². The fraction of sp³-hybridized carbons (Fsp3) is 0.593. The lowest BCUT2D eigenvalue weighted by molar-refractivity contribution is -0.151. The van der Waals surface area contributed by atoms with Crippen LogP contribution in [0.15, 0.2) is 45.4 Å². The second-order valence-corrected chi connectivity index (χ2v) is 12.0. The second kappa shape index (κ2) is 14.7. The van der Waals surface area contributed by atoms with Gasteiger partial charge in [-0.1, -0.05) is 17.7 Å². The van der Waals surface area contributed by atoms with Gasteiger partial charge in [-0.05, 0) is 52.8 Å². The zero-order valence-electron chi connectivity index (χ0n) is 24.1. The summed E-state index contributed by atoms with van der Waals surface area (Å²) in [5.74, 6) is -2.40. The average molecular weight is 600 g/mol. The summed E-state index contributed by atoms with van der Waals surface area (Å²) in [7, 11) is -4.08. The molecule has 0 saturated carbocycles. The molecule has 5 N–H and O–H groups in total. The fourth-order valence-electron chi connectivity index (χ4n) is 4.58. The lowest BCUT2D eigenvalue weighted by Gasteiger charge is -2.40. The van der Waals surface area contributed by atoms with Crippen LogP contribution in [-0.2, 0) is 29.1 Å². The Morgan fingerprint density at radius 3 is 2.20 bits per heavy atom. The van der Waals surface area contributed by atoms with E-state index in [9.17, 15) is 38.4 Å². The molecule has 1 heterocycles. The molecule has 41 heavy (non-hydrogen) atoms. The highest BCUT2D eigenvalue weighted by Crippen LogP contribution is 2.25. The first kappa shape index (κ1) is 34.2. The number of hydrogen-bond donors (Lipinski definition) is 5. The molecular weight excluding hydrogens is 558 g/mol. The predicted molar refractivity (Wildman–Crippen MR) is 150 cm³/mol. The lowest BCUT2D eigenvalue weighted by atomic mass is 9.93. The molecule has 1 aromatic rings. The number of carboxylic acid groups (broad SMARTS) is 1. The van der Waals surface area contributed by atoms with Gasteiger partial charge < -0.3 is 40.1 Å². The number of benzene rings is 1. The minimum Gasteiger partial charge on any atom is -0.478 e. The highest BCUT2D eigenvalue weighted by molar-refractivity contribution is 7.90. The number of aliphatic hydroxyl groups excluding tert-OH is 3. The van der Waals surface area contributed by atoms with Crippen molar-refractivity contribution in [2.45, 2.75) is 95.4 Å². The number of hydrogen-bond acceptors (Lipinski definition) is 9. The van der Waals surface area contributed by atoms with E-state index in [0.717, 1.165) is 11.6 Å². The van der Waals surface area contributed by atoms with Gasteiger partial charge in [-0.3, -0.25) is 4.79 Å². The van der Waals surface area contributed by atoms with Crippen molar-refractivity contribution in [3.05, 3.63) is 41.7 Å². The van der Waals surface area contributed by atoms with E-state index < -0.39 is 64.7 Å². The first-order valence-electron chi connectivity index (χ1n) is 13.2. The van der Waals surface area contributed by atoms with E-state index in [1.807, 2.05) is 39.5 Å². The van der Waals surface area contributed by atoms with Gasteiger partial charge in [0.15, 0.2) is 6.10 Å². The molecule has 1 aliphatic rings. The zero-order valence-corrected chi connectivity index (χ0v) is 24.9. The number of carbonyl (C=O) groups excluding carboxylic acids is 1. The zero-order chi connectivity index (χ0) is 31.1. The number of nitrogens with one attached hydrogen (secondary N) is 1. The molecule has 0 radical (unpaired) electrons. The molecule has 14 heteroatoms. The van der Waals surface area contributed by atoms with Crippen LogP contribution in [0.4, 0.5) is 0 Å². The molecular formula is C27H41N3O10S. The van der Waals surface area contributed by atoms with E-state index >= 15 is 0 Å². The normalized spacial score (nSPS) is 21.2. The van der Waals surface area contributed by atoms with Crippen LogP contribution in [0.25, 0.3) is 0 Å². The van der Waals surface area contributed by atoms with E-state index in [-0.39, 0.29) is 35.8 Å². The summed E-state index contributed by atoms with van der Waals surface area (Å²) in [5.41, 5.74) is 0.890. The van der Waals surface area contributed by atoms with E-state index in [1.54, 1.807) is 12.1 Å². The Bertz CT molecular complexity index is 1210. The minimum atomic E-state index is -4.08. The highest BCUT2D eigenvalue weighted by Gasteiger charge is 2.44. The summed E-state index contributed by atoms with van der Waals surface area (Å²) in [6.45, 7) is 9.59. The Kier molecular flexibility index (Phi) is 12.3. The number of aryl methyl sites for hydroxylation is 1. The van der Waals surface area contributed by atoms with E-state index in [2.05, 4.69) is 9.71 Å². The van der Waals surface area contributed by atoms with Crippen molar-refractivity contribution in [1.29, 1.82) is 0 Å². The molecule has 1 aliphatic heterocycles. The highest BCUT2D eigenvalue weighted by atomic mass is 32.2. The Morgan fingerprint density at radius 1 is 1.12 bits per heavy atom. The number of amidine groups is 1. The van der Waals surface area contributed by atoms with E-state index in [4.69, 9.17) is 9.47 Å². The number of aliphatic hydroxyl groups is 3. The molecule has 230 valence electrons. The quantitative estimate of drug-likeness (QED) is 0.157. The average Bonchev–Trinajstić information content (AvgIpc) is 2.87. The van der Waals surface area contributed by atoms with Gasteiger partial charge in [-0.25, -0.2) is 4.79 Å². The number of aliphatic carboxylic acids is 1. The van der Waals surface area contributed by atoms with Crippen LogP contribution in [0.3, 0.4) is 0 Å². The summed E-state index contributed by atoms with van der Waals surface area (Å²) < 4.78 is 41.9. The molecule has 0 bridgehead atoms. The topological polar surface area (TPSA) is 195 Å². The van der Waals surface area contributed by atoms with E-state index in [1.165, 1.54) is 19.1 Å². The van der Waals surface area contributed by atoms with Crippen LogP contribution in [0.5, 0.6) is 0 Å². The summed E-state index contributed by atoms with van der Waals surface area (Å²) in [5, 5.41) is 41.9. The van der Waals surface area contributed by atoms with Crippen molar-refractivity contribution < 1.29 is 47.9 Å². The molecule has 1 amide bonds. The van der Waals surface area contributed by atoms with Crippen molar-refractivity contribution in [3.8, 4) is 0 Å². The van der Waals surface area contributed by atoms with Gasteiger partial charge in [-0.15, -0.1) is 4.40 Å². The summed E-state index contributed by atoms with van der Waals surface area (Å²) in [4.78, 5) is 25.6. The molecule has 13 nitrogen and oxygen atoms in total. The second-order valence-electron chi connectivity index (χ2n) is 10.4. The molecule has 0 unspecified atom stereocenters. The molecule has 2 rings (SSSR count). The van der Waals surface area contributed by atoms with Gasteiger partial charge in [0, 0.05) is 25.4 Å². The largest absolute Gasteiger partial charge is 0.478 e. The third-order valence-corrected chi connectivity index (χ3v) is 7.70. The standard InChI is InChI=1S/C27H41N3O10S/c1-15(2)30(16(3)4)23(29-41(37,38)19-9-7-17(5)8-10-19)11-12-39-21-13-22(27(35)36)40-26(24(21)28-18(6)32)25(34)20(33)14-31/h7-10,13,15-16,20-21,24-26,31,33-34H,11-12,14H2,1-6H3,(H,28,32)(H,35,36)/b29-23+/t20-,21+,24-,25-,26-/m1/s1. The maximum Gasteiger partial charge on any atom is 0.370 e. The number of carboxylic acids is 1. The molecule has 5 atom stereocenters. The van der Waals surface area contributed by atoms with Crippen molar-refractivity contribution >= 4 is 27.7 Å². The molecule has 0 aromatic heterocycles. The SMILES string of the molecule is CC(=O)N[C@H]1[C@H]([C@H](O)[C@H](O)CO)OC(C(=O)O)=C[C@@H]1OCC/C(=N\S(=O)(=O)c1ccc(C)cc1)N(C(C)C)C(C)C. The lowest BCUT2D eigenvalue weighted by Crippen LogP contribution is -2.60. The smallest absolute Gasteiger partial charge is 0.370 e. The van der Waals surface area contributed by atoms with Crippen LogP contribution < -0.4 is 5.32 Å². The van der Waals surface area contributed by atoms with Gasteiger partial charge in [-0.2, -0.15) is 8.42 Å². The van der Waals surface area contributed by atoms with Crippen molar-refractivity contribution in [2.75, 3.05) is 13.2 Å². The first-order chi connectivity index (χ1) is 19.1. The van der Waals surface area contributed by atoms with Crippen LogP contribution >= 0.6 is 0 Å². The summed E-state index contributed by atoms with van der Waals surface area (Å²) in [6, 6.07) is 4.88. The van der Waals surface area contributed by atoms with Gasteiger partial charge in [0.25, 0.3) is 10.0 Å². The van der Waals surface area contributed by atoms with E-state index in [0.29, 0.717) is 0 Å². The van der Waals surface area contributed by atoms with Crippen molar-refractivity contribution in [1.82, 2.24) is 10.2 Å². The maximum absolute atomic E-state index is 13.2. The van der Waals surface area contributed by atoms with Crippen LogP contribution in [0, 0.1) is 6.92 Å². The molecule has 1 aromatic carbocycles. The number of nitrogens with zero attached hydrogens (tertiary/aromatic N) is 2. The van der Waals surface area contributed by atoms with Crippen LogP contribution in [-0.4, -0.2) is 107 Å². The molecule has 0 fully saturated rings. The van der Waals surface area contributed by atoms with Gasteiger partial charge in [0.05, 0.1) is 24.2 Å². The van der Waals surface area contributed by atoms with Crippen molar-refractivity contribution in [3.63, 3.8) is 0 Å². The molecule has 0 saturated heterocycles. The van der Waals surface area contributed by atoms with Crippen LogP contribution in [0.2, 0.25) is 0 Å². The molecule has 0 spiro atoms. The van der Waals surface area contributed by atoms with Crippen LogP contribution in [0.1, 0.15) is 46.6 Å². The third kappa shape index (κ3) is 9.23. The predicted octanol–water partition coefficient (Wildman–Crippen LogP) is 0.562. The monoisotopic (exact) mass is 599 g/mol. The van der Waals surface area contributed by atoms with Gasteiger partial charge in [0.1, 0.15) is 24.1 Å². The Balaban J connectivity index is 2.44. The summed E-state index contributed by atoms with van der Waals surface area (Å²) in [6.07, 6.45) is -5.01. The van der Waals surface area contributed by atoms with Gasteiger partial charge >= 0.3 is 5.97 Å². The maximum atomic E-state index is 13.2. The Morgan fingerprint density at radius 2 is 1.71 bits per heavy atom. The number of carbonyl (C=O) groups is 2. The Hall–Kier alpha value is -3.04. The third-order valence-electron chi connectivity index (χ3n) is 6.38.